The molecule has 6 heteroatoms. The van der Waals surface area contributed by atoms with Gasteiger partial charge in [0, 0.05) is 5.92 Å². The zero-order valence-electron chi connectivity index (χ0n) is 12.0. The van der Waals surface area contributed by atoms with Gasteiger partial charge in [-0.05, 0) is 18.9 Å². The Hall–Kier alpha value is -1.58. The molecule has 0 spiro atoms. The molecule has 1 unspecified atom stereocenters. The van der Waals surface area contributed by atoms with Gasteiger partial charge in [-0.15, -0.1) is 6.58 Å². The van der Waals surface area contributed by atoms with Crippen LogP contribution in [0.1, 0.15) is 18.9 Å². The Morgan fingerprint density at radius 1 is 1.52 bits per heavy atom. The molecule has 0 aliphatic heterocycles. The van der Waals surface area contributed by atoms with Gasteiger partial charge in [0.1, 0.15) is 11.9 Å². The Kier molecular flexibility index (Phi) is 5.21. The molecule has 0 heterocycles. The van der Waals surface area contributed by atoms with Crippen LogP contribution in [0.2, 0.25) is 0 Å². The number of carbonyl (C=O) groups excluding carboxylic acids is 1. The Labute approximate surface area is 125 Å². The maximum atomic E-state index is 12.2. The molecule has 0 saturated heterocycles. The van der Waals surface area contributed by atoms with Crippen LogP contribution in [0.4, 0.5) is 4.79 Å². The first kappa shape index (κ1) is 15.8. The molecule has 1 fully saturated rings. The van der Waals surface area contributed by atoms with Gasteiger partial charge in [0.15, 0.2) is 0 Å². The number of carbonyl (C=O) groups is 1. The summed E-state index contributed by atoms with van der Waals surface area (Å²) >= 11 is 0. The largest absolute Gasteiger partial charge is 0.445 e. The predicted octanol–water partition coefficient (Wildman–Crippen LogP) is 3.33. The molecule has 1 amide bonds. The van der Waals surface area contributed by atoms with Crippen LogP contribution in [-0.4, -0.2) is 18.0 Å². The van der Waals surface area contributed by atoms with Crippen molar-refractivity contribution in [3.8, 4) is 0 Å². The van der Waals surface area contributed by atoms with Gasteiger partial charge in [0.25, 0.3) is 0 Å². The Morgan fingerprint density at radius 2 is 2.24 bits per heavy atom. The summed E-state index contributed by atoms with van der Waals surface area (Å²) in [6.45, 7) is 5.99. The SMILES string of the molecule is C=C[C@@H]1C[C@]1(NC(=O)OCc1ccccc1)[PH](=O)OCC. The fourth-order valence-corrected chi connectivity index (χ4v) is 3.73. The van der Waals surface area contributed by atoms with E-state index < -0.39 is 19.4 Å². The Morgan fingerprint density at radius 3 is 2.81 bits per heavy atom. The fourth-order valence-electron chi connectivity index (χ4n) is 2.20. The average molecular weight is 309 g/mol. The topological polar surface area (TPSA) is 64.6 Å². The summed E-state index contributed by atoms with van der Waals surface area (Å²) in [5.41, 5.74) is 0.898. The summed E-state index contributed by atoms with van der Waals surface area (Å²) in [5.74, 6) is -0.0280. The summed E-state index contributed by atoms with van der Waals surface area (Å²) < 4.78 is 22.5. The lowest BCUT2D eigenvalue weighted by molar-refractivity contribution is 0.136. The normalized spacial score (nSPS) is 24.9. The summed E-state index contributed by atoms with van der Waals surface area (Å²) in [6, 6.07) is 9.39. The number of amides is 1. The quantitative estimate of drug-likeness (QED) is 0.620. The highest BCUT2D eigenvalue weighted by atomic mass is 31.1. The summed E-state index contributed by atoms with van der Waals surface area (Å²) in [5, 5.41) is 1.88. The van der Waals surface area contributed by atoms with E-state index in [1.807, 2.05) is 30.3 Å². The number of hydrogen-bond donors (Lipinski definition) is 1. The second-order valence-electron chi connectivity index (χ2n) is 4.92. The third-order valence-corrected chi connectivity index (χ3v) is 5.46. The number of hydrogen-bond acceptors (Lipinski definition) is 4. The van der Waals surface area contributed by atoms with Crippen LogP contribution in [0.3, 0.4) is 0 Å². The van der Waals surface area contributed by atoms with Crippen molar-refractivity contribution in [3.63, 3.8) is 0 Å². The molecule has 21 heavy (non-hydrogen) atoms. The zero-order chi connectivity index (χ0) is 15.3. The smallest absolute Gasteiger partial charge is 0.408 e. The van der Waals surface area contributed by atoms with Gasteiger partial charge in [-0.3, -0.25) is 4.57 Å². The first-order valence-electron chi connectivity index (χ1n) is 6.91. The molecule has 1 N–H and O–H groups in total. The van der Waals surface area contributed by atoms with Crippen molar-refractivity contribution >= 4 is 14.1 Å². The van der Waals surface area contributed by atoms with Crippen molar-refractivity contribution in [2.75, 3.05) is 6.61 Å². The second kappa shape index (κ2) is 6.92. The van der Waals surface area contributed by atoms with Crippen molar-refractivity contribution in [2.45, 2.75) is 25.2 Å². The molecule has 114 valence electrons. The minimum atomic E-state index is -2.38. The molecule has 0 radical (unpaired) electrons. The Balaban J connectivity index is 1.91. The molecule has 1 aromatic rings. The van der Waals surface area contributed by atoms with Gasteiger partial charge in [-0.25, -0.2) is 4.79 Å². The maximum absolute atomic E-state index is 12.2. The lowest BCUT2D eigenvalue weighted by Crippen LogP contribution is -2.36. The van der Waals surface area contributed by atoms with E-state index in [4.69, 9.17) is 9.26 Å². The third kappa shape index (κ3) is 3.74. The van der Waals surface area contributed by atoms with Gasteiger partial charge in [-0.1, -0.05) is 36.4 Å². The van der Waals surface area contributed by atoms with Crippen molar-refractivity contribution < 1.29 is 18.6 Å². The van der Waals surface area contributed by atoms with E-state index in [0.29, 0.717) is 13.0 Å². The van der Waals surface area contributed by atoms with Crippen molar-refractivity contribution in [1.29, 1.82) is 0 Å². The van der Waals surface area contributed by atoms with Crippen LogP contribution in [0, 0.1) is 5.92 Å². The highest BCUT2D eigenvalue weighted by Gasteiger charge is 2.59. The summed E-state index contributed by atoms with van der Waals surface area (Å²) in [7, 11) is -2.38. The molecule has 1 aliphatic carbocycles. The van der Waals surface area contributed by atoms with Crippen molar-refractivity contribution in [2.24, 2.45) is 5.92 Å². The number of ether oxygens (including phenoxy) is 1. The van der Waals surface area contributed by atoms with Crippen LogP contribution in [0.5, 0.6) is 0 Å². The second-order valence-corrected chi connectivity index (χ2v) is 6.68. The number of benzene rings is 1. The van der Waals surface area contributed by atoms with Crippen LogP contribution < -0.4 is 5.32 Å². The van der Waals surface area contributed by atoms with Crippen molar-refractivity contribution in [1.82, 2.24) is 5.32 Å². The third-order valence-electron chi connectivity index (χ3n) is 3.48. The van der Waals surface area contributed by atoms with Crippen LogP contribution >= 0.6 is 8.03 Å². The molecule has 0 bridgehead atoms. The number of nitrogens with one attached hydrogen (secondary N) is 1. The van der Waals surface area contributed by atoms with E-state index in [9.17, 15) is 9.36 Å². The minimum absolute atomic E-state index is 0.0280. The van der Waals surface area contributed by atoms with Gasteiger partial charge < -0.3 is 14.6 Å². The van der Waals surface area contributed by atoms with Crippen LogP contribution in [0.15, 0.2) is 43.0 Å². The summed E-state index contributed by atoms with van der Waals surface area (Å²) in [4.78, 5) is 11.9. The van der Waals surface area contributed by atoms with E-state index in [-0.39, 0.29) is 12.5 Å². The van der Waals surface area contributed by atoms with Gasteiger partial charge >= 0.3 is 6.09 Å². The molecule has 1 saturated carbocycles. The summed E-state index contributed by atoms with van der Waals surface area (Å²) in [6.07, 6.45) is 1.69. The number of rotatable bonds is 7. The molecular weight excluding hydrogens is 289 g/mol. The van der Waals surface area contributed by atoms with E-state index >= 15 is 0 Å². The zero-order valence-corrected chi connectivity index (χ0v) is 13.0. The van der Waals surface area contributed by atoms with Crippen LogP contribution in [-0.2, 0) is 20.4 Å². The molecule has 3 atom stereocenters. The highest BCUT2D eigenvalue weighted by Crippen LogP contribution is 2.60. The molecule has 2 rings (SSSR count). The standard InChI is InChI=1S/C15H20NO4P/c1-3-13-10-15(13,21(18)20-4-2)16-14(17)19-11-12-8-6-5-7-9-12/h3,5-9,13,21H,1,4,10-11H2,2H3,(H,16,17)/t13-,15+/m1/s1. The average Bonchev–Trinajstić information content (AvgIpc) is 3.21. The predicted molar refractivity (Wildman–Crippen MR) is 81.4 cm³/mol. The highest BCUT2D eigenvalue weighted by molar-refractivity contribution is 7.41. The van der Waals surface area contributed by atoms with E-state index in [2.05, 4.69) is 11.9 Å². The first-order valence-corrected chi connectivity index (χ1v) is 8.22. The van der Waals surface area contributed by atoms with E-state index in [1.54, 1.807) is 13.0 Å². The van der Waals surface area contributed by atoms with Gasteiger partial charge in [0.2, 0.25) is 8.03 Å². The maximum Gasteiger partial charge on any atom is 0.408 e. The molecule has 5 nitrogen and oxygen atoms in total. The first-order chi connectivity index (χ1) is 10.1. The van der Waals surface area contributed by atoms with E-state index in [1.165, 1.54) is 0 Å². The monoisotopic (exact) mass is 309 g/mol. The molecule has 0 aromatic heterocycles. The van der Waals surface area contributed by atoms with Gasteiger partial charge in [-0.2, -0.15) is 0 Å². The molecular formula is C15H20NO4P. The van der Waals surface area contributed by atoms with Crippen molar-refractivity contribution in [3.05, 3.63) is 48.6 Å². The fraction of sp³-hybridized carbons (Fsp3) is 0.400. The van der Waals surface area contributed by atoms with Gasteiger partial charge in [0.05, 0.1) is 6.61 Å². The lowest BCUT2D eigenvalue weighted by Gasteiger charge is -2.18. The minimum Gasteiger partial charge on any atom is -0.445 e. The Bertz CT molecular complexity index is 534. The van der Waals surface area contributed by atoms with Crippen LogP contribution in [0.25, 0.3) is 0 Å². The molecule has 1 aliphatic rings. The van der Waals surface area contributed by atoms with E-state index in [0.717, 1.165) is 5.56 Å². The molecule has 1 aromatic carbocycles. The number of alkyl carbamates (subject to hydrolysis) is 1. The lowest BCUT2D eigenvalue weighted by atomic mass is 10.2.